The summed E-state index contributed by atoms with van der Waals surface area (Å²) in [6, 6.07) is 11.8. The first-order chi connectivity index (χ1) is 14.0. The highest BCUT2D eigenvalue weighted by atomic mass is 16.5. The fraction of sp³-hybridized carbons (Fsp3) is 0.455. The summed E-state index contributed by atoms with van der Waals surface area (Å²) in [5.41, 5.74) is 4.96. The predicted molar refractivity (Wildman–Crippen MR) is 107 cm³/mol. The number of aryl methyl sites for hydroxylation is 1. The number of anilines is 1. The molecule has 2 heterocycles. The standard InChI is InChI=1S/C22H27NO6/c1-12-2-4-14(22-21(27)20(26)19(25)18(11-24)29-22)10-15(12)8-13-3-5-17-16(9-13)23-6-7-28-17/h2-5,9-10,18-27H,6-8,11H2,1H3/t18-,19-,20+,21-,22+/m1/s1. The number of hydrogen-bond donors (Lipinski definition) is 5. The van der Waals surface area contributed by atoms with Crippen LogP contribution < -0.4 is 10.1 Å². The lowest BCUT2D eigenvalue weighted by Crippen LogP contribution is -2.55. The van der Waals surface area contributed by atoms with Gasteiger partial charge in [0.2, 0.25) is 0 Å². The average Bonchev–Trinajstić information content (AvgIpc) is 2.74. The number of fused-ring (bicyclic) bond motifs is 1. The summed E-state index contributed by atoms with van der Waals surface area (Å²) in [6.07, 6.45) is -5.10. The minimum absolute atomic E-state index is 0.440. The third-order valence-corrected chi connectivity index (χ3v) is 5.71. The van der Waals surface area contributed by atoms with E-state index in [-0.39, 0.29) is 0 Å². The van der Waals surface area contributed by atoms with Gasteiger partial charge in [-0.3, -0.25) is 0 Å². The maximum absolute atomic E-state index is 10.4. The molecule has 0 saturated carbocycles. The largest absolute Gasteiger partial charge is 0.490 e. The molecule has 5 atom stereocenters. The zero-order valence-electron chi connectivity index (χ0n) is 16.3. The lowest BCUT2D eigenvalue weighted by molar-refractivity contribution is -0.231. The Balaban J connectivity index is 1.59. The summed E-state index contributed by atoms with van der Waals surface area (Å²) in [5.74, 6) is 0.854. The van der Waals surface area contributed by atoms with Crippen LogP contribution in [-0.2, 0) is 11.2 Å². The smallest absolute Gasteiger partial charge is 0.142 e. The normalized spacial score (nSPS) is 28.9. The molecule has 0 aromatic heterocycles. The van der Waals surface area contributed by atoms with E-state index in [1.165, 1.54) is 0 Å². The van der Waals surface area contributed by atoms with Gasteiger partial charge in [0.05, 0.1) is 12.3 Å². The van der Waals surface area contributed by atoms with Crippen molar-refractivity contribution in [3.8, 4) is 5.75 Å². The number of hydrogen-bond acceptors (Lipinski definition) is 7. The van der Waals surface area contributed by atoms with Crippen LogP contribution in [0.3, 0.4) is 0 Å². The first kappa shape index (κ1) is 20.1. The molecule has 7 nitrogen and oxygen atoms in total. The van der Waals surface area contributed by atoms with E-state index in [4.69, 9.17) is 9.47 Å². The molecule has 2 aliphatic rings. The zero-order valence-corrected chi connectivity index (χ0v) is 16.3. The van der Waals surface area contributed by atoms with Crippen molar-refractivity contribution in [3.05, 3.63) is 58.7 Å². The first-order valence-corrected chi connectivity index (χ1v) is 9.87. The molecule has 0 bridgehead atoms. The van der Waals surface area contributed by atoms with Crippen LogP contribution in [0.4, 0.5) is 5.69 Å². The summed E-state index contributed by atoms with van der Waals surface area (Å²) in [4.78, 5) is 0. The van der Waals surface area contributed by atoms with E-state index in [1.54, 1.807) is 0 Å². The molecule has 2 aliphatic heterocycles. The fourth-order valence-corrected chi connectivity index (χ4v) is 3.95. The van der Waals surface area contributed by atoms with Crippen molar-refractivity contribution in [2.45, 2.75) is 43.9 Å². The van der Waals surface area contributed by atoms with Gasteiger partial charge < -0.3 is 35.2 Å². The number of aliphatic hydroxyl groups is 4. The molecule has 7 heteroatoms. The summed E-state index contributed by atoms with van der Waals surface area (Å²) >= 11 is 0. The lowest BCUT2D eigenvalue weighted by Gasteiger charge is -2.40. The Labute approximate surface area is 169 Å². The molecule has 0 aliphatic carbocycles. The number of benzene rings is 2. The van der Waals surface area contributed by atoms with E-state index in [1.807, 2.05) is 37.3 Å². The Hall–Kier alpha value is -2.16. The van der Waals surface area contributed by atoms with Crippen LogP contribution in [0.1, 0.15) is 28.4 Å². The molecule has 4 rings (SSSR count). The second-order valence-corrected chi connectivity index (χ2v) is 7.72. The van der Waals surface area contributed by atoms with Gasteiger partial charge >= 0.3 is 0 Å². The summed E-state index contributed by atoms with van der Waals surface area (Å²) < 4.78 is 11.3. The van der Waals surface area contributed by atoms with E-state index in [0.29, 0.717) is 18.6 Å². The molecular formula is C22H27NO6. The van der Waals surface area contributed by atoms with Gasteiger partial charge in [-0.05, 0) is 47.7 Å². The third-order valence-electron chi connectivity index (χ3n) is 5.71. The topological polar surface area (TPSA) is 111 Å². The van der Waals surface area contributed by atoms with Crippen LogP contribution >= 0.6 is 0 Å². The van der Waals surface area contributed by atoms with Gasteiger partial charge in [0.25, 0.3) is 0 Å². The summed E-state index contributed by atoms with van der Waals surface area (Å²) in [6.45, 7) is 3.02. The zero-order chi connectivity index (χ0) is 20.5. The van der Waals surface area contributed by atoms with E-state index >= 15 is 0 Å². The molecule has 2 aromatic carbocycles. The second-order valence-electron chi connectivity index (χ2n) is 7.72. The maximum atomic E-state index is 10.4. The highest BCUT2D eigenvalue weighted by Crippen LogP contribution is 2.34. The van der Waals surface area contributed by atoms with Gasteiger partial charge in [0.1, 0.15) is 42.9 Å². The van der Waals surface area contributed by atoms with Gasteiger partial charge in [0, 0.05) is 6.54 Å². The molecule has 0 unspecified atom stereocenters. The number of aliphatic hydroxyl groups excluding tert-OH is 4. The van der Waals surface area contributed by atoms with Crippen molar-refractivity contribution in [1.82, 2.24) is 0 Å². The number of ether oxygens (including phenoxy) is 2. The Morgan fingerprint density at radius 3 is 2.66 bits per heavy atom. The van der Waals surface area contributed by atoms with Crippen LogP contribution in [0.2, 0.25) is 0 Å². The molecule has 1 fully saturated rings. The monoisotopic (exact) mass is 401 g/mol. The van der Waals surface area contributed by atoms with Gasteiger partial charge in [0.15, 0.2) is 0 Å². The van der Waals surface area contributed by atoms with Crippen molar-refractivity contribution in [2.75, 3.05) is 25.1 Å². The molecule has 5 N–H and O–H groups in total. The van der Waals surface area contributed by atoms with Crippen LogP contribution in [-0.4, -0.2) is 64.6 Å². The Morgan fingerprint density at radius 2 is 1.86 bits per heavy atom. The number of rotatable bonds is 4. The highest BCUT2D eigenvalue weighted by molar-refractivity contribution is 5.59. The van der Waals surface area contributed by atoms with Crippen molar-refractivity contribution in [2.24, 2.45) is 0 Å². The van der Waals surface area contributed by atoms with Crippen LogP contribution in [0.5, 0.6) is 5.75 Å². The van der Waals surface area contributed by atoms with Crippen LogP contribution in [0.25, 0.3) is 0 Å². The summed E-state index contributed by atoms with van der Waals surface area (Å²) in [7, 11) is 0. The van der Waals surface area contributed by atoms with Gasteiger partial charge in [-0.2, -0.15) is 0 Å². The lowest BCUT2D eigenvalue weighted by atomic mass is 9.89. The molecule has 2 aromatic rings. The predicted octanol–water partition coefficient (Wildman–Crippen LogP) is 0.905. The second kappa shape index (κ2) is 8.30. The van der Waals surface area contributed by atoms with E-state index in [2.05, 4.69) is 11.4 Å². The van der Waals surface area contributed by atoms with Crippen molar-refractivity contribution in [3.63, 3.8) is 0 Å². The van der Waals surface area contributed by atoms with E-state index < -0.39 is 37.1 Å². The molecule has 1 saturated heterocycles. The SMILES string of the molecule is Cc1ccc([C@@H]2O[C@H](CO)[C@@H](O)[C@H](O)[C@H]2O)cc1Cc1ccc2c(c1)NCCO2. The van der Waals surface area contributed by atoms with Crippen molar-refractivity contribution in [1.29, 1.82) is 0 Å². The molecular weight excluding hydrogens is 374 g/mol. The molecule has 0 radical (unpaired) electrons. The van der Waals surface area contributed by atoms with E-state index in [9.17, 15) is 20.4 Å². The van der Waals surface area contributed by atoms with Crippen LogP contribution in [0, 0.1) is 6.92 Å². The first-order valence-electron chi connectivity index (χ1n) is 9.87. The minimum Gasteiger partial charge on any atom is -0.490 e. The number of nitrogens with one attached hydrogen (secondary N) is 1. The quantitative estimate of drug-likeness (QED) is 0.518. The van der Waals surface area contributed by atoms with Gasteiger partial charge in [-0.1, -0.05) is 24.3 Å². The van der Waals surface area contributed by atoms with Gasteiger partial charge in [-0.25, -0.2) is 0 Å². The Morgan fingerprint density at radius 1 is 1.03 bits per heavy atom. The average molecular weight is 401 g/mol. The minimum atomic E-state index is -1.39. The maximum Gasteiger partial charge on any atom is 0.142 e. The van der Waals surface area contributed by atoms with Crippen molar-refractivity contribution >= 4 is 5.69 Å². The Bertz CT molecular complexity index is 870. The van der Waals surface area contributed by atoms with Crippen molar-refractivity contribution < 1.29 is 29.9 Å². The molecule has 0 amide bonds. The molecule has 156 valence electrons. The van der Waals surface area contributed by atoms with Gasteiger partial charge in [-0.15, -0.1) is 0 Å². The molecule has 29 heavy (non-hydrogen) atoms. The highest BCUT2D eigenvalue weighted by Gasteiger charge is 2.43. The fourth-order valence-electron chi connectivity index (χ4n) is 3.95. The molecule has 0 spiro atoms. The van der Waals surface area contributed by atoms with Crippen LogP contribution in [0.15, 0.2) is 36.4 Å². The third kappa shape index (κ3) is 3.97. The summed E-state index contributed by atoms with van der Waals surface area (Å²) in [5, 5.41) is 43.3. The van der Waals surface area contributed by atoms with E-state index in [0.717, 1.165) is 34.7 Å². The Kier molecular flexibility index (Phi) is 5.76.